The van der Waals surface area contributed by atoms with Crippen LogP contribution in [0.15, 0.2) is 67.0 Å². The zero-order valence-electron chi connectivity index (χ0n) is 15.6. The zero-order valence-corrected chi connectivity index (χ0v) is 16.4. The van der Waals surface area contributed by atoms with E-state index in [-0.39, 0.29) is 24.4 Å². The Labute approximate surface area is 170 Å². The second kappa shape index (κ2) is 8.91. The maximum Gasteiger partial charge on any atom is 0.257 e. The molecule has 0 bridgehead atoms. The van der Waals surface area contributed by atoms with Crippen LogP contribution in [-0.4, -0.2) is 47.3 Å². The van der Waals surface area contributed by atoms with Gasteiger partial charge in [0, 0.05) is 31.9 Å². The van der Waals surface area contributed by atoms with Gasteiger partial charge in [0.15, 0.2) is 0 Å². The number of piperazine rings is 1. The number of hydrogen-bond acceptors (Lipinski definition) is 4. The normalized spacial score (nSPS) is 16.3. The molecule has 1 N–H and O–H groups in total. The Bertz CT molecular complexity index is 929. The third-order valence-electron chi connectivity index (χ3n) is 4.83. The fourth-order valence-corrected chi connectivity index (χ4v) is 3.41. The highest BCUT2D eigenvalue weighted by Crippen LogP contribution is 2.23. The molecule has 4 rings (SSSR count). The number of halogens is 1. The molecular weight excluding hydrogens is 376 g/mol. The molecule has 2 heterocycles. The molecule has 28 heavy (non-hydrogen) atoms. The van der Waals surface area contributed by atoms with E-state index in [4.69, 9.17) is 4.74 Å². The first-order valence-corrected chi connectivity index (χ1v) is 9.02. The van der Waals surface area contributed by atoms with E-state index < -0.39 is 0 Å². The number of para-hydroxylation sites is 2. The van der Waals surface area contributed by atoms with Crippen molar-refractivity contribution in [3.05, 3.63) is 78.1 Å². The van der Waals surface area contributed by atoms with Crippen molar-refractivity contribution in [1.29, 1.82) is 0 Å². The molecule has 2 aromatic carbocycles. The van der Waals surface area contributed by atoms with Crippen molar-refractivity contribution in [1.82, 2.24) is 20.0 Å². The minimum atomic E-state index is -0.00132. The number of nitrogens with zero attached hydrogens (tertiary/aromatic N) is 3. The van der Waals surface area contributed by atoms with Crippen molar-refractivity contribution in [3.63, 3.8) is 0 Å². The first-order valence-electron chi connectivity index (χ1n) is 9.02. The van der Waals surface area contributed by atoms with Crippen LogP contribution in [0.5, 0.6) is 5.75 Å². The van der Waals surface area contributed by atoms with Gasteiger partial charge in [-0.1, -0.05) is 42.5 Å². The van der Waals surface area contributed by atoms with Gasteiger partial charge in [-0.2, -0.15) is 5.10 Å². The summed E-state index contributed by atoms with van der Waals surface area (Å²) in [6.45, 7) is 2.09. The van der Waals surface area contributed by atoms with E-state index in [9.17, 15) is 4.79 Å². The Morgan fingerprint density at radius 1 is 1.14 bits per heavy atom. The van der Waals surface area contributed by atoms with Crippen molar-refractivity contribution in [2.45, 2.75) is 6.04 Å². The highest BCUT2D eigenvalue weighted by atomic mass is 35.5. The average Bonchev–Trinajstić information content (AvgIpc) is 3.24. The van der Waals surface area contributed by atoms with Gasteiger partial charge in [0.25, 0.3) is 5.91 Å². The summed E-state index contributed by atoms with van der Waals surface area (Å²) >= 11 is 0. The molecule has 1 aromatic heterocycles. The first kappa shape index (κ1) is 19.9. The van der Waals surface area contributed by atoms with E-state index in [0.717, 1.165) is 12.2 Å². The Morgan fingerprint density at radius 2 is 1.89 bits per heavy atom. The maximum absolute atomic E-state index is 13.0. The number of nitrogens with one attached hydrogen (secondary N) is 1. The van der Waals surface area contributed by atoms with E-state index in [2.05, 4.69) is 22.5 Å². The average molecular weight is 399 g/mol. The standard InChI is InChI=1S/C21H22N4O2.ClH/c1-27-20-10-6-5-9-19(20)25-14-17(13-23-25)21(26)24-12-11-22-18(15-24)16-7-3-2-4-8-16;/h2-10,13-14,18,22H,11-12,15H2,1H3;1H. The second-order valence-electron chi connectivity index (χ2n) is 6.51. The van der Waals surface area contributed by atoms with Crippen LogP contribution < -0.4 is 10.1 Å². The minimum absolute atomic E-state index is 0. The molecule has 146 valence electrons. The number of rotatable bonds is 4. The van der Waals surface area contributed by atoms with Crippen LogP contribution in [0.2, 0.25) is 0 Å². The van der Waals surface area contributed by atoms with Crippen LogP contribution >= 0.6 is 12.4 Å². The molecule has 0 saturated carbocycles. The van der Waals surface area contributed by atoms with Gasteiger partial charge in [-0.3, -0.25) is 4.79 Å². The number of aromatic nitrogens is 2. The number of carbonyl (C=O) groups excluding carboxylic acids is 1. The summed E-state index contributed by atoms with van der Waals surface area (Å²) in [5, 5.41) is 7.85. The van der Waals surface area contributed by atoms with E-state index in [1.165, 1.54) is 5.56 Å². The smallest absolute Gasteiger partial charge is 0.257 e. The van der Waals surface area contributed by atoms with Gasteiger partial charge in [-0.15, -0.1) is 12.4 Å². The molecule has 1 saturated heterocycles. The summed E-state index contributed by atoms with van der Waals surface area (Å²) in [6, 6.07) is 18.0. The lowest BCUT2D eigenvalue weighted by Gasteiger charge is -2.33. The predicted octanol–water partition coefficient (Wildman–Crippen LogP) is 3.09. The minimum Gasteiger partial charge on any atom is -0.494 e. The number of methoxy groups -OCH3 is 1. The van der Waals surface area contributed by atoms with Crippen LogP contribution in [0.1, 0.15) is 22.0 Å². The summed E-state index contributed by atoms with van der Waals surface area (Å²) < 4.78 is 7.07. The number of ether oxygens (including phenoxy) is 1. The molecule has 0 aliphatic carbocycles. The van der Waals surface area contributed by atoms with Crippen LogP contribution in [0.4, 0.5) is 0 Å². The predicted molar refractivity (Wildman–Crippen MR) is 110 cm³/mol. The highest BCUT2D eigenvalue weighted by molar-refractivity contribution is 5.94. The lowest BCUT2D eigenvalue weighted by Crippen LogP contribution is -2.48. The molecule has 0 spiro atoms. The summed E-state index contributed by atoms with van der Waals surface area (Å²) in [7, 11) is 1.62. The number of amides is 1. The zero-order chi connectivity index (χ0) is 18.6. The third-order valence-corrected chi connectivity index (χ3v) is 4.83. The quantitative estimate of drug-likeness (QED) is 0.733. The van der Waals surface area contributed by atoms with Crippen molar-refractivity contribution >= 4 is 18.3 Å². The molecule has 6 nitrogen and oxygen atoms in total. The number of hydrogen-bond donors (Lipinski definition) is 1. The van der Waals surface area contributed by atoms with Crippen molar-refractivity contribution in [3.8, 4) is 11.4 Å². The van der Waals surface area contributed by atoms with Crippen LogP contribution in [0.3, 0.4) is 0 Å². The molecule has 7 heteroatoms. The Balaban J connectivity index is 0.00000225. The van der Waals surface area contributed by atoms with Crippen molar-refractivity contribution < 1.29 is 9.53 Å². The largest absolute Gasteiger partial charge is 0.494 e. The lowest BCUT2D eigenvalue weighted by atomic mass is 10.0. The molecule has 3 aromatic rings. The van der Waals surface area contributed by atoms with Crippen molar-refractivity contribution in [2.24, 2.45) is 0 Å². The van der Waals surface area contributed by atoms with Crippen LogP contribution in [0.25, 0.3) is 5.69 Å². The summed E-state index contributed by atoms with van der Waals surface area (Å²) in [5.41, 5.74) is 2.58. The van der Waals surface area contributed by atoms with E-state index in [1.807, 2.05) is 47.4 Å². The Kier molecular flexibility index (Phi) is 6.34. The van der Waals surface area contributed by atoms with Gasteiger partial charge in [-0.05, 0) is 17.7 Å². The van der Waals surface area contributed by atoms with Gasteiger partial charge >= 0.3 is 0 Å². The van der Waals surface area contributed by atoms with Gasteiger partial charge in [0.1, 0.15) is 11.4 Å². The third kappa shape index (κ3) is 4.03. The fourth-order valence-electron chi connectivity index (χ4n) is 3.41. The Hall–Kier alpha value is -2.83. The van der Waals surface area contributed by atoms with E-state index >= 15 is 0 Å². The molecule has 1 unspecified atom stereocenters. The molecule has 1 aliphatic rings. The molecular formula is C21H23ClN4O2. The van der Waals surface area contributed by atoms with E-state index in [1.54, 1.807) is 24.2 Å². The fraction of sp³-hybridized carbons (Fsp3) is 0.238. The molecule has 1 atom stereocenters. The van der Waals surface area contributed by atoms with Crippen molar-refractivity contribution in [2.75, 3.05) is 26.7 Å². The molecule has 0 radical (unpaired) electrons. The SMILES string of the molecule is COc1ccccc1-n1cc(C(=O)N2CCNC(c3ccccc3)C2)cn1.Cl. The van der Waals surface area contributed by atoms with Gasteiger partial charge < -0.3 is 15.0 Å². The summed E-state index contributed by atoms with van der Waals surface area (Å²) in [5.74, 6) is 0.712. The topological polar surface area (TPSA) is 59.4 Å². The van der Waals surface area contributed by atoms with Gasteiger partial charge in [0.2, 0.25) is 0 Å². The summed E-state index contributed by atoms with van der Waals surface area (Å²) in [4.78, 5) is 14.9. The molecule has 1 amide bonds. The number of carbonyl (C=O) groups is 1. The molecule has 1 fully saturated rings. The highest BCUT2D eigenvalue weighted by Gasteiger charge is 2.26. The van der Waals surface area contributed by atoms with E-state index in [0.29, 0.717) is 24.4 Å². The van der Waals surface area contributed by atoms with Crippen LogP contribution in [-0.2, 0) is 0 Å². The lowest BCUT2D eigenvalue weighted by molar-refractivity contribution is 0.0703. The Morgan fingerprint density at radius 3 is 2.68 bits per heavy atom. The first-order chi connectivity index (χ1) is 13.3. The molecule has 1 aliphatic heterocycles. The number of benzene rings is 2. The maximum atomic E-state index is 13.0. The van der Waals surface area contributed by atoms with Gasteiger partial charge in [0.05, 0.1) is 18.9 Å². The second-order valence-corrected chi connectivity index (χ2v) is 6.51. The summed E-state index contributed by atoms with van der Waals surface area (Å²) in [6.07, 6.45) is 3.38. The monoisotopic (exact) mass is 398 g/mol. The van der Waals surface area contributed by atoms with Crippen LogP contribution in [0, 0.1) is 0 Å². The van der Waals surface area contributed by atoms with Gasteiger partial charge in [-0.25, -0.2) is 4.68 Å².